The molecule has 282 valence electrons. The van der Waals surface area contributed by atoms with Gasteiger partial charge in [0.25, 0.3) is 11.5 Å². The molecule has 5 rings (SSSR count). The molecule has 4 aromatic carbocycles. The molecule has 52 heavy (non-hydrogen) atoms. The van der Waals surface area contributed by atoms with Crippen LogP contribution in [0.5, 0.6) is 17.2 Å². The van der Waals surface area contributed by atoms with Crippen molar-refractivity contribution >= 4 is 59.4 Å². The molecule has 0 aliphatic heterocycles. The van der Waals surface area contributed by atoms with E-state index >= 15 is 0 Å². The summed E-state index contributed by atoms with van der Waals surface area (Å²) in [5.41, 5.74) is 5.77. The van der Waals surface area contributed by atoms with Crippen LogP contribution in [-0.4, -0.2) is 72.2 Å². The third-order valence-electron chi connectivity index (χ3n) is 6.08. The van der Waals surface area contributed by atoms with Gasteiger partial charge in [-0.25, -0.2) is 19.3 Å². The summed E-state index contributed by atoms with van der Waals surface area (Å²) >= 11 is 0. The molecule has 1 heterocycles. The first-order chi connectivity index (χ1) is 24.4. The molecule has 5 aromatic rings. The van der Waals surface area contributed by atoms with E-state index in [1.165, 1.54) is 49.0 Å². The van der Waals surface area contributed by atoms with E-state index in [1.807, 2.05) is 26.0 Å². The minimum Gasteiger partial charge on any atom is -0.507 e. The zero-order valence-corrected chi connectivity index (χ0v) is 31.0. The number of aryl methyl sites for hydroxylation is 4. The number of aliphatic hydroxyl groups is 1. The number of carboxylic acids is 1. The normalized spacial score (nSPS) is 9.44. The van der Waals surface area contributed by atoms with Crippen molar-refractivity contribution in [3.8, 4) is 17.2 Å². The number of ether oxygens (including phenoxy) is 1. The maximum atomic E-state index is 11.0. The van der Waals surface area contributed by atoms with Crippen LogP contribution in [0.15, 0.2) is 82.1 Å². The molecule has 0 atom stereocenters. The van der Waals surface area contributed by atoms with E-state index in [4.69, 9.17) is 29.3 Å². The van der Waals surface area contributed by atoms with Crippen molar-refractivity contribution < 1.29 is 58.6 Å². The van der Waals surface area contributed by atoms with Crippen molar-refractivity contribution in [2.75, 3.05) is 14.2 Å². The topological polar surface area (TPSA) is 257 Å². The number of hydroxylamine groups is 1. The lowest BCUT2D eigenvalue weighted by atomic mass is 10.1. The van der Waals surface area contributed by atoms with E-state index in [9.17, 15) is 29.4 Å². The predicted octanol–water partition coefficient (Wildman–Crippen LogP) is 5.79. The Hall–Kier alpha value is -5.39. The summed E-state index contributed by atoms with van der Waals surface area (Å²) < 4.78 is 18.4. The van der Waals surface area contributed by atoms with Crippen molar-refractivity contribution in [2.45, 2.75) is 27.7 Å². The number of hydrogen-bond donors (Lipinski definition) is 8. The molecule has 8 N–H and O–H groups in total. The Morgan fingerprint density at radius 3 is 1.50 bits per heavy atom. The minimum atomic E-state index is -1.67. The van der Waals surface area contributed by atoms with Gasteiger partial charge in [0, 0.05) is 28.5 Å². The molecule has 1 amide bonds. The molecule has 0 bridgehead atoms. The Balaban J connectivity index is 0.000000634. The van der Waals surface area contributed by atoms with Crippen molar-refractivity contribution in [2.24, 2.45) is 0 Å². The molecule has 0 fully saturated rings. The second-order valence-electron chi connectivity index (χ2n) is 10.0. The Morgan fingerprint density at radius 1 is 0.731 bits per heavy atom. The maximum absolute atomic E-state index is 11.0. The standard InChI is InChI=1S/C9H10O3.C8H9NO3.C8H7NO2.C8H8O3.CH4O.Cl2OS/c1-6-3-4-7(8(10)5-6)9(11)12-2;1-5-2-3-6(7(10)4-5)8(11)9-12;1-5-2-3-6-7(4-5)11-9-8(6)10;1-5-2-3-6(8(10)11)7(9)4-5;1-2;1-4(2)3/h3-5,10H,1-2H3;2-4,10,12H,1H3,(H,9,11);2-4H,1H3,(H,9,10);2-4,9H,1H3,(H,10,11);2H,1H3;. The monoisotopic (exact) mass is 784 g/mol. The number of methoxy groups -OCH3 is 1. The van der Waals surface area contributed by atoms with Crippen molar-refractivity contribution in [3.63, 3.8) is 0 Å². The van der Waals surface area contributed by atoms with Crippen LogP contribution in [-0.2, 0) is 14.0 Å². The highest BCUT2D eigenvalue weighted by Crippen LogP contribution is 2.20. The molecule has 15 nitrogen and oxygen atoms in total. The summed E-state index contributed by atoms with van der Waals surface area (Å²) in [6, 6.07) is 19.3. The van der Waals surface area contributed by atoms with Crippen LogP contribution in [0.3, 0.4) is 0 Å². The summed E-state index contributed by atoms with van der Waals surface area (Å²) in [5.74, 6) is -2.71. The first-order valence-electron chi connectivity index (χ1n) is 14.3. The number of benzene rings is 4. The number of aromatic nitrogens is 1. The van der Waals surface area contributed by atoms with E-state index < -0.39 is 27.1 Å². The zero-order valence-electron chi connectivity index (χ0n) is 28.6. The van der Waals surface area contributed by atoms with Gasteiger partial charge in [-0.1, -0.05) is 24.3 Å². The number of carbonyl (C=O) groups is 3. The number of aromatic hydroxyl groups is 3. The first kappa shape index (κ1) is 46.6. The summed E-state index contributed by atoms with van der Waals surface area (Å²) in [5, 5.41) is 54.2. The van der Waals surface area contributed by atoms with E-state index in [-0.39, 0.29) is 39.5 Å². The number of rotatable bonds is 3. The Bertz CT molecular complexity index is 1950. The fourth-order valence-electron chi connectivity index (χ4n) is 3.70. The van der Waals surface area contributed by atoms with Crippen LogP contribution in [0.1, 0.15) is 53.3 Å². The smallest absolute Gasteiger partial charge is 0.341 e. The Morgan fingerprint density at radius 2 is 1.12 bits per heavy atom. The van der Waals surface area contributed by atoms with Gasteiger partial charge in [-0.15, -0.1) is 0 Å². The van der Waals surface area contributed by atoms with Gasteiger partial charge in [0.15, 0.2) is 5.58 Å². The summed E-state index contributed by atoms with van der Waals surface area (Å²) in [6.07, 6.45) is 0. The molecular weight excluding hydrogens is 747 g/mol. The fraction of sp³-hybridized carbons (Fsp3) is 0.176. The summed E-state index contributed by atoms with van der Waals surface area (Å²) in [6.45, 7) is 7.36. The highest BCUT2D eigenvalue weighted by molar-refractivity contribution is 8.26. The zero-order chi connectivity index (χ0) is 40.1. The lowest BCUT2D eigenvalue weighted by molar-refractivity contribution is 0.0596. The Labute approximate surface area is 309 Å². The first-order valence-corrected chi connectivity index (χ1v) is 17.1. The largest absolute Gasteiger partial charge is 0.507 e. The van der Waals surface area contributed by atoms with Crippen LogP contribution in [0.25, 0.3) is 11.0 Å². The van der Waals surface area contributed by atoms with Gasteiger partial charge >= 0.3 is 11.9 Å². The molecule has 0 saturated heterocycles. The number of aromatic carboxylic acids is 1. The second kappa shape index (κ2) is 23.9. The predicted molar refractivity (Wildman–Crippen MR) is 196 cm³/mol. The van der Waals surface area contributed by atoms with Crippen molar-refractivity contribution in [3.05, 3.63) is 122 Å². The molecule has 0 radical (unpaired) electrons. The molecule has 0 unspecified atom stereocenters. The summed E-state index contributed by atoms with van der Waals surface area (Å²) in [7, 11) is 9.64. The number of aliphatic hydroxyl groups excluding tert-OH is 1. The van der Waals surface area contributed by atoms with E-state index in [2.05, 4.69) is 31.3 Å². The number of phenols is 3. The molecule has 0 aliphatic rings. The molecule has 0 aliphatic carbocycles. The van der Waals surface area contributed by atoms with Crippen molar-refractivity contribution in [1.82, 2.24) is 10.6 Å². The molecule has 0 spiro atoms. The van der Waals surface area contributed by atoms with Gasteiger partial charge in [-0.2, -0.15) is 5.16 Å². The van der Waals surface area contributed by atoms with Crippen LogP contribution < -0.4 is 11.0 Å². The Kier molecular flexibility index (Phi) is 21.4. The number of aromatic amines is 1. The number of amides is 1. The van der Waals surface area contributed by atoms with Gasteiger partial charge in [-0.05, 0) is 98.5 Å². The average Bonchev–Trinajstić information content (AvgIpc) is 3.44. The molecular formula is C34H38Cl2N2O13S. The van der Waals surface area contributed by atoms with E-state index in [0.29, 0.717) is 11.0 Å². The van der Waals surface area contributed by atoms with Crippen LogP contribution >= 0.6 is 21.4 Å². The van der Waals surface area contributed by atoms with Gasteiger partial charge in [0.1, 0.15) is 28.4 Å². The van der Waals surface area contributed by atoms with Gasteiger partial charge in [0.2, 0.25) is 9.23 Å². The van der Waals surface area contributed by atoms with E-state index in [1.54, 1.807) is 38.1 Å². The number of phenolic OH excluding ortho intramolecular Hbond substituents is 2. The lowest BCUT2D eigenvalue weighted by Gasteiger charge is -2.02. The third kappa shape index (κ3) is 16.5. The number of H-pyrrole nitrogens is 1. The second-order valence-corrected chi connectivity index (χ2v) is 12.5. The average molecular weight is 786 g/mol. The van der Waals surface area contributed by atoms with E-state index in [0.717, 1.165) is 29.4 Å². The minimum absolute atomic E-state index is 0.0400. The number of fused-ring (bicyclic) bond motifs is 1. The van der Waals surface area contributed by atoms with Gasteiger partial charge in [0.05, 0.1) is 18.1 Å². The number of nitrogens with one attached hydrogen (secondary N) is 2. The maximum Gasteiger partial charge on any atom is 0.341 e. The van der Waals surface area contributed by atoms with Gasteiger partial charge in [-0.3, -0.25) is 14.8 Å². The lowest BCUT2D eigenvalue weighted by Crippen LogP contribution is -2.18. The molecule has 0 saturated carbocycles. The highest BCUT2D eigenvalue weighted by Gasteiger charge is 2.11. The number of carboxylic acid groups (broad SMARTS) is 1. The highest BCUT2D eigenvalue weighted by atomic mass is 36.0. The summed E-state index contributed by atoms with van der Waals surface area (Å²) in [4.78, 5) is 43.1. The SMILES string of the molecule is CO.COC(=O)c1ccc(C)cc1O.Cc1ccc(C(=O)NO)c(O)c1.Cc1ccc(C(=O)O)c(O)c1.Cc1ccc2c(=O)[nH]oc2c1.O=S(Cl)Cl. The fourth-order valence-corrected chi connectivity index (χ4v) is 3.70. The number of halogens is 2. The molecule has 1 aromatic heterocycles. The van der Waals surface area contributed by atoms with Gasteiger partial charge < -0.3 is 34.8 Å². The number of carbonyl (C=O) groups excluding carboxylic acids is 2. The van der Waals surface area contributed by atoms with Crippen LogP contribution in [0, 0.1) is 27.7 Å². The third-order valence-corrected chi connectivity index (χ3v) is 6.08. The quantitative estimate of drug-likeness (QED) is 0.0467. The molecule has 18 heteroatoms. The number of hydrogen-bond acceptors (Lipinski definition) is 12. The number of esters is 1. The van der Waals surface area contributed by atoms with Crippen LogP contribution in [0.2, 0.25) is 0 Å². The van der Waals surface area contributed by atoms with Crippen molar-refractivity contribution in [1.29, 1.82) is 0 Å². The van der Waals surface area contributed by atoms with Crippen LogP contribution in [0.4, 0.5) is 0 Å².